The van der Waals surface area contributed by atoms with E-state index in [1.54, 1.807) is 36.4 Å². The van der Waals surface area contributed by atoms with Gasteiger partial charge in [-0.15, -0.1) is 13.2 Å². The van der Waals surface area contributed by atoms with E-state index in [1.807, 2.05) is 31.2 Å². The number of hydrogen-bond donors (Lipinski definition) is 1. The summed E-state index contributed by atoms with van der Waals surface area (Å²) in [7, 11) is 0. The van der Waals surface area contributed by atoms with Crippen LogP contribution in [0.15, 0.2) is 73.8 Å². The summed E-state index contributed by atoms with van der Waals surface area (Å²) in [6, 6.07) is 12.4. The Labute approximate surface area is 265 Å². The Hall–Kier alpha value is -2.98. The van der Waals surface area contributed by atoms with Gasteiger partial charge in [-0.1, -0.05) is 82.1 Å². The van der Waals surface area contributed by atoms with E-state index >= 15 is 0 Å². The first-order valence-electron chi connectivity index (χ1n) is 14.5. The molecule has 1 spiro atoms. The zero-order chi connectivity index (χ0) is 30.9. The first-order chi connectivity index (χ1) is 20.7. The van der Waals surface area contributed by atoms with Crippen LogP contribution in [0.2, 0.25) is 5.02 Å². The highest BCUT2D eigenvalue weighted by Gasteiger charge is 2.77. The molecule has 3 heterocycles. The largest absolute Gasteiger partial charge is 0.465 e. The van der Waals surface area contributed by atoms with Crippen molar-refractivity contribution in [2.45, 2.75) is 54.8 Å². The van der Waals surface area contributed by atoms with Gasteiger partial charge < -0.3 is 24.4 Å². The van der Waals surface area contributed by atoms with Crippen molar-refractivity contribution in [3.05, 3.63) is 90.0 Å². The standard InChI is InChI=1S/C33H36BrClN2O6/c1-4-6-10-17-42-32(41)25-26-30(39)37(24(19-38)21-13-8-7-9-14-21)29(33(26)18-22(34)28(25)43-33)31(40)36(16-5-2)27-20(3)12-11-15-23(27)35/h4-5,7-9,11-15,22,24-26,28-29,38H,1-2,6,10,16-19H2,3H3/t22?,24-,25-,26+,28-,29?,33?/m1/s1. The molecule has 2 amide bonds. The van der Waals surface area contributed by atoms with Crippen molar-refractivity contribution in [3.63, 3.8) is 0 Å². The first-order valence-corrected chi connectivity index (χ1v) is 15.8. The zero-order valence-electron chi connectivity index (χ0n) is 24.0. The van der Waals surface area contributed by atoms with Crippen LogP contribution < -0.4 is 4.90 Å². The molecule has 228 valence electrons. The molecule has 0 saturated carbocycles. The summed E-state index contributed by atoms with van der Waals surface area (Å²) in [6.45, 7) is 9.29. The Bertz CT molecular complexity index is 1380. The number of halogens is 2. The van der Waals surface area contributed by atoms with Crippen LogP contribution in [0, 0.1) is 18.8 Å². The number of anilines is 1. The third-order valence-corrected chi connectivity index (χ3v) is 9.91. The number of ether oxygens (including phenoxy) is 2. The maximum atomic E-state index is 14.9. The number of aliphatic hydroxyl groups is 1. The molecule has 2 aromatic carbocycles. The average molecular weight is 672 g/mol. The lowest BCUT2D eigenvalue weighted by molar-refractivity contribution is -0.155. The molecular formula is C33H36BrClN2O6. The van der Waals surface area contributed by atoms with Crippen LogP contribution in [0.5, 0.6) is 0 Å². The van der Waals surface area contributed by atoms with Crippen molar-refractivity contribution in [1.29, 1.82) is 0 Å². The van der Waals surface area contributed by atoms with Crippen molar-refractivity contribution >= 4 is 51.0 Å². The molecule has 3 fully saturated rings. The molecule has 8 nitrogen and oxygen atoms in total. The molecule has 3 aliphatic heterocycles. The number of aryl methyl sites for hydroxylation is 1. The Balaban J connectivity index is 1.63. The fraction of sp³-hybridized carbons (Fsp3) is 0.424. The number of carbonyl (C=O) groups is 3. The maximum Gasteiger partial charge on any atom is 0.312 e. The van der Waals surface area contributed by atoms with Crippen LogP contribution in [-0.2, 0) is 23.9 Å². The first kappa shape index (κ1) is 31.4. The van der Waals surface area contributed by atoms with E-state index in [0.29, 0.717) is 35.5 Å². The monoisotopic (exact) mass is 670 g/mol. The molecule has 5 rings (SSSR count). The summed E-state index contributed by atoms with van der Waals surface area (Å²) in [4.78, 5) is 45.7. The normalized spacial score (nSPS) is 28.0. The third-order valence-electron chi connectivity index (χ3n) is 8.76. The number of hydrogen-bond acceptors (Lipinski definition) is 6. The number of carbonyl (C=O) groups excluding carboxylic acids is 3. The van der Waals surface area contributed by atoms with Crippen LogP contribution >= 0.6 is 27.5 Å². The van der Waals surface area contributed by atoms with Gasteiger partial charge in [0.1, 0.15) is 11.6 Å². The van der Waals surface area contributed by atoms with Crippen molar-refractivity contribution < 1.29 is 29.0 Å². The molecule has 2 bridgehead atoms. The number of para-hydroxylation sites is 1. The molecule has 3 aliphatic rings. The quantitative estimate of drug-likeness (QED) is 0.145. The predicted octanol–water partition coefficient (Wildman–Crippen LogP) is 5.16. The molecule has 0 aromatic heterocycles. The van der Waals surface area contributed by atoms with Gasteiger partial charge in [0.2, 0.25) is 5.91 Å². The molecule has 0 radical (unpaired) electrons. The van der Waals surface area contributed by atoms with Crippen molar-refractivity contribution in [1.82, 2.24) is 4.90 Å². The molecule has 3 unspecified atom stereocenters. The van der Waals surface area contributed by atoms with Gasteiger partial charge in [0.05, 0.1) is 47.9 Å². The minimum atomic E-state index is -1.34. The highest BCUT2D eigenvalue weighted by atomic mass is 79.9. The molecule has 0 aliphatic carbocycles. The number of allylic oxidation sites excluding steroid dienone is 1. The van der Waals surface area contributed by atoms with Gasteiger partial charge in [0, 0.05) is 11.4 Å². The fourth-order valence-electron chi connectivity index (χ4n) is 7.01. The van der Waals surface area contributed by atoms with Crippen LogP contribution in [0.3, 0.4) is 0 Å². The van der Waals surface area contributed by atoms with E-state index in [1.165, 1.54) is 9.80 Å². The number of rotatable bonds is 12. The number of aliphatic hydroxyl groups excluding tert-OH is 1. The van der Waals surface area contributed by atoms with Crippen LogP contribution in [0.4, 0.5) is 5.69 Å². The van der Waals surface area contributed by atoms with Crippen LogP contribution in [0.25, 0.3) is 0 Å². The summed E-state index contributed by atoms with van der Waals surface area (Å²) < 4.78 is 12.3. The lowest BCUT2D eigenvalue weighted by Gasteiger charge is -2.40. The Morgan fingerprint density at radius 3 is 2.63 bits per heavy atom. The van der Waals surface area contributed by atoms with Gasteiger partial charge in [-0.25, -0.2) is 0 Å². The smallest absolute Gasteiger partial charge is 0.312 e. The van der Waals surface area contributed by atoms with Crippen molar-refractivity contribution in [2.24, 2.45) is 11.8 Å². The minimum Gasteiger partial charge on any atom is -0.465 e. The number of unbranched alkanes of at least 4 members (excludes halogenated alkanes) is 1. The number of esters is 1. The number of amides is 2. The maximum absolute atomic E-state index is 14.9. The number of fused-ring (bicyclic) bond motifs is 1. The summed E-state index contributed by atoms with van der Waals surface area (Å²) in [5.41, 5.74) is 0.590. The Morgan fingerprint density at radius 2 is 1.98 bits per heavy atom. The van der Waals surface area contributed by atoms with Crippen LogP contribution in [-0.4, -0.2) is 70.1 Å². The van der Waals surface area contributed by atoms with E-state index < -0.39 is 60.0 Å². The van der Waals surface area contributed by atoms with Crippen molar-refractivity contribution in [3.8, 4) is 0 Å². The average Bonchev–Trinajstić information content (AvgIpc) is 3.59. The topological polar surface area (TPSA) is 96.4 Å². The minimum absolute atomic E-state index is 0.119. The van der Waals surface area contributed by atoms with Crippen molar-refractivity contribution in [2.75, 3.05) is 24.7 Å². The molecule has 2 aromatic rings. The lowest BCUT2D eigenvalue weighted by Crippen LogP contribution is -2.57. The second kappa shape index (κ2) is 12.9. The Kier molecular flexibility index (Phi) is 9.46. The van der Waals surface area contributed by atoms with Gasteiger partial charge in [-0.3, -0.25) is 14.4 Å². The van der Waals surface area contributed by atoms with E-state index in [4.69, 9.17) is 21.1 Å². The summed E-state index contributed by atoms with van der Waals surface area (Å²) in [5.74, 6) is -3.27. The molecule has 1 N–H and O–H groups in total. The molecular weight excluding hydrogens is 636 g/mol. The SMILES string of the molecule is C=CCCCOC(=O)[C@H]1[C@@H]2OC3(CC2Br)C(C(=O)N(CC=C)c2c(C)cccc2Cl)N([C@H](CO)c2ccccc2)C(=O)[C@H]13. The van der Waals surface area contributed by atoms with E-state index in [2.05, 4.69) is 29.1 Å². The molecule has 3 saturated heterocycles. The highest BCUT2D eigenvalue weighted by molar-refractivity contribution is 9.09. The molecule has 43 heavy (non-hydrogen) atoms. The van der Waals surface area contributed by atoms with Gasteiger partial charge in [0.15, 0.2) is 0 Å². The van der Waals surface area contributed by atoms with Gasteiger partial charge in [0.25, 0.3) is 5.91 Å². The lowest BCUT2D eigenvalue weighted by atomic mass is 9.70. The number of benzene rings is 2. The van der Waals surface area contributed by atoms with Crippen LogP contribution in [0.1, 0.15) is 36.4 Å². The third kappa shape index (κ3) is 5.35. The number of alkyl halides is 1. The number of nitrogens with zero attached hydrogens (tertiary/aromatic N) is 2. The van der Waals surface area contributed by atoms with E-state index in [9.17, 15) is 19.5 Å². The van der Waals surface area contributed by atoms with E-state index in [0.717, 1.165) is 5.56 Å². The zero-order valence-corrected chi connectivity index (χ0v) is 26.4. The predicted molar refractivity (Wildman–Crippen MR) is 168 cm³/mol. The van der Waals surface area contributed by atoms with Gasteiger partial charge >= 0.3 is 5.97 Å². The number of likely N-dealkylation sites (tertiary alicyclic amines) is 1. The highest BCUT2D eigenvalue weighted by Crippen LogP contribution is 2.61. The second-order valence-electron chi connectivity index (χ2n) is 11.3. The molecule has 7 atom stereocenters. The second-order valence-corrected chi connectivity index (χ2v) is 12.8. The summed E-state index contributed by atoms with van der Waals surface area (Å²) in [6.07, 6.45) is 4.31. The fourth-order valence-corrected chi connectivity index (χ4v) is 8.28. The van der Waals surface area contributed by atoms with E-state index in [-0.39, 0.29) is 18.0 Å². The van der Waals surface area contributed by atoms with Gasteiger partial charge in [-0.05, 0) is 43.4 Å². The molecule has 10 heteroatoms. The Morgan fingerprint density at radius 1 is 1.23 bits per heavy atom. The summed E-state index contributed by atoms with van der Waals surface area (Å²) in [5, 5.41) is 11.1. The summed E-state index contributed by atoms with van der Waals surface area (Å²) >= 11 is 10.3. The van der Waals surface area contributed by atoms with Gasteiger partial charge in [-0.2, -0.15) is 0 Å².